The second-order valence-corrected chi connectivity index (χ2v) is 14.9. The zero-order valence-electron chi connectivity index (χ0n) is 35.2. The number of ether oxygens (including phenoxy) is 9. The third kappa shape index (κ3) is 11.6. The second kappa shape index (κ2) is 22.7. The number of aliphatic hydroxyl groups is 2. The summed E-state index contributed by atoms with van der Waals surface area (Å²) in [5.74, 6) is -4.43. The monoisotopic (exact) mass is 902 g/mol. The van der Waals surface area contributed by atoms with Crippen molar-refractivity contribution in [2.24, 2.45) is 0 Å². The van der Waals surface area contributed by atoms with Crippen molar-refractivity contribution < 1.29 is 76.8 Å². The second-order valence-electron chi connectivity index (χ2n) is 14.9. The molecule has 342 valence electrons. The van der Waals surface area contributed by atoms with Gasteiger partial charge in [-0.3, -0.25) is 0 Å². The summed E-state index contributed by atoms with van der Waals surface area (Å²) in [5, 5.41) is 22.8. The van der Waals surface area contributed by atoms with Gasteiger partial charge in [-0.15, -0.1) is 6.58 Å². The number of benzene rings is 5. The van der Waals surface area contributed by atoms with E-state index in [9.17, 15) is 34.2 Å². The molecule has 2 heterocycles. The van der Waals surface area contributed by atoms with Gasteiger partial charge in [0.2, 0.25) is 0 Å². The predicted octanol–water partition coefficient (Wildman–Crippen LogP) is 5.14. The molecule has 5 aromatic rings. The van der Waals surface area contributed by atoms with E-state index in [1.54, 1.807) is 91.0 Å². The van der Waals surface area contributed by atoms with E-state index in [1.807, 2.05) is 0 Å². The Morgan fingerprint density at radius 2 is 0.864 bits per heavy atom. The van der Waals surface area contributed by atoms with E-state index >= 15 is 0 Å². The Labute approximate surface area is 379 Å². The molecule has 0 unspecified atom stereocenters. The van der Waals surface area contributed by atoms with E-state index in [2.05, 4.69) is 6.58 Å². The minimum absolute atomic E-state index is 0.0574. The summed E-state index contributed by atoms with van der Waals surface area (Å²) in [5.41, 5.74) is 0.534. The van der Waals surface area contributed by atoms with Crippen LogP contribution in [-0.4, -0.2) is 121 Å². The molecule has 2 aliphatic heterocycles. The number of hydrogen-bond donors (Lipinski definition) is 2. The Morgan fingerprint density at radius 1 is 0.485 bits per heavy atom. The molecule has 0 spiro atoms. The molecule has 2 saturated heterocycles. The lowest BCUT2D eigenvalue weighted by molar-refractivity contribution is -0.356. The van der Waals surface area contributed by atoms with Crippen LogP contribution in [-0.2, 0) is 42.6 Å². The first kappa shape index (κ1) is 46.9. The summed E-state index contributed by atoms with van der Waals surface area (Å²) in [6, 6.07) is 39.4. The smallest absolute Gasteiger partial charge is 0.338 e. The highest BCUT2D eigenvalue weighted by Gasteiger charge is 2.57. The van der Waals surface area contributed by atoms with E-state index < -0.39 is 104 Å². The fourth-order valence-corrected chi connectivity index (χ4v) is 7.19. The fraction of sp³-hybridized carbons (Fsp3) is 0.260. The van der Waals surface area contributed by atoms with E-state index in [4.69, 9.17) is 42.6 Å². The van der Waals surface area contributed by atoms with Crippen molar-refractivity contribution in [2.45, 2.75) is 61.4 Å². The predicted molar refractivity (Wildman–Crippen MR) is 231 cm³/mol. The van der Waals surface area contributed by atoms with E-state index in [-0.39, 0.29) is 34.4 Å². The van der Waals surface area contributed by atoms with Gasteiger partial charge in [0.15, 0.2) is 37.0 Å². The average molecular weight is 903 g/mol. The molecule has 16 heteroatoms. The van der Waals surface area contributed by atoms with Crippen LogP contribution in [0.1, 0.15) is 51.8 Å². The van der Waals surface area contributed by atoms with Crippen molar-refractivity contribution in [3.63, 3.8) is 0 Å². The molecule has 0 aliphatic carbocycles. The van der Waals surface area contributed by atoms with Crippen molar-refractivity contribution in [3.05, 3.63) is 192 Å². The minimum Gasteiger partial charge on any atom is -0.459 e. The Balaban J connectivity index is 1.31. The average Bonchev–Trinajstić information content (AvgIpc) is 3.36. The van der Waals surface area contributed by atoms with Crippen molar-refractivity contribution in [2.75, 3.05) is 19.8 Å². The van der Waals surface area contributed by atoms with E-state index in [1.165, 1.54) is 66.7 Å². The number of aliphatic hydroxyl groups excluding tert-OH is 2. The summed E-state index contributed by atoms with van der Waals surface area (Å²) in [6.45, 7) is 2.07. The first-order chi connectivity index (χ1) is 32.1. The van der Waals surface area contributed by atoms with Gasteiger partial charge in [0, 0.05) is 0 Å². The van der Waals surface area contributed by atoms with Gasteiger partial charge in [-0.1, -0.05) is 97.1 Å². The van der Waals surface area contributed by atoms with Crippen LogP contribution >= 0.6 is 0 Å². The molecule has 0 amide bonds. The standard InChI is InChI=1S/C50H46O16/c1-2-28-58-49-43(65-48(57)35-26-16-7-17-27-35)42(64-47(56)34-24-14-6-15-25-34)40(37(61-49)30-59-44(53)31-18-8-3-9-19-31)66-50-41(63-46(55)33-22-12-5-13-23-33)38(52)39(36(29-51)60-50)62-45(54)32-20-10-4-11-21-32/h2-27,36-43,49-52H,1,28-30H2/t36-,37-,38+,39+,40-,41-,42+,43-,49-,50+/m1/s1. The Kier molecular flexibility index (Phi) is 16.2. The lowest BCUT2D eigenvalue weighted by Gasteiger charge is -2.48. The molecule has 2 N–H and O–H groups in total. The third-order valence-electron chi connectivity index (χ3n) is 10.5. The summed E-state index contributed by atoms with van der Waals surface area (Å²) in [6.07, 6.45) is -15.5. The quantitative estimate of drug-likeness (QED) is 0.0704. The molecule has 10 atom stereocenters. The Morgan fingerprint density at radius 3 is 1.29 bits per heavy atom. The van der Waals surface area contributed by atoms with Gasteiger partial charge < -0.3 is 52.8 Å². The zero-order valence-corrected chi connectivity index (χ0v) is 35.2. The van der Waals surface area contributed by atoms with Crippen LogP contribution in [0.2, 0.25) is 0 Å². The summed E-state index contributed by atoms with van der Waals surface area (Å²) in [4.78, 5) is 68.5. The highest BCUT2D eigenvalue weighted by Crippen LogP contribution is 2.36. The first-order valence-electron chi connectivity index (χ1n) is 20.9. The van der Waals surface area contributed by atoms with Crippen LogP contribution in [0.3, 0.4) is 0 Å². The van der Waals surface area contributed by atoms with Gasteiger partial charge in [-0.25, -0.2) is 24.0 Å². The van der Waals surface area contributed by atoms with Gasteiger partial charge in [0.1, 0.15) is 31.0 Å². The van der Waals surface area contributed by atoms with Gasteiger partial charge in [0.25, 0.3) is 0 Å². The maximum atomic E-state index is 14.1. The molecule has 2 aliphatic rings. The minimum atomic E-state index is -1.94. The van der Waals surface area contributed by atoms with Gasteiger partial charge >= 0.3 is 29.8 Å². The maximum Gasteiger partial charge on any atom is 0.338 e. The van der Waals surface area contributed by atoms with Crippen LogP contribution in [0.5, 0.6) is 0 Å². The molecule has 0 bridgehead atoms. The summed E-state index contributed by atoms with van der Waals surface area (Å²) in [7, 11) is 0. The van der Waals surface area contributed by atoms with Crippen LogP contribution in [0.15, 0.2) is 164 Å². The SMILES string of the molecule is C=CCO[C@@H]1O[C@H](COC(=O)c2ccccc2)[C@@H](O[C@@H]2O[C@H](CO)[C@H](OC(=O)c3ccccc3)[C@H](O)[C@H]2OC(=O)c2ccccc2)[C@H](OC(=O)c2ccccc2)[C@H]1OC(=O)c1ccccc1. The highest BCUT2D eigenvalue weighted by molar-refractivity contribution is 5.91. The first-order valence-corrected chi connectivity index (χ1v) is 20.9. The number of hydrogen-bond acceptors (Lipinski definition) is 16. The zero-order chi connectivity index (χ0) is 46.4. The van der Waals surface area contributed by atoms with Crippen molar-refractivity contribution in [1.82, 2.24) is 0 Å². The Hall–Kier alpha value is -7.05. The molecule has 0 aromatic heterocycles. The normalized spacial score (nSPS) is 24.8. The number of carbonyl (C=O) groups is 5. The maximum absolute atomic E-state index is 14.1. The summed E-state index contributed by atoms with van der Waals surface area (Å²) < 4.78 is 54.8. The number of esters is 5. The molecule has 0 radical (unpaired) electrons. The van der Waals surface area contributed by atoms with Gasteiger partial charge in [-0.2, -0.15) is 0 Å². The molecule has 5 aromatic carbocycles. The molecule has 16 nitrogen and oxygen atoms in total. The van der Waals surface area contributed by atoms with Crippen LogP contribution in [0.25, 0.3) is 0 Å². The topological polar surface area (TPSA) is 209 Å². The van der Waals surface area contributed by atoms with Gasteiger partial charge in [-0.05, 0) is 60.7 Å². The fourth-order valence-electron chi connectivity index (χ4n) is 7.19. The van der Waals surface area contributed by atoms with Crippen molar-refractivity contribution in [3.8, 4) is 0 Å². The van der Waals surface area contributed by atoms with Crippen LogP contribution < -0.4 is 0 Å². The van der Waals surface area contributed by atoms with E-state index in [0.29, 0.717) is 0 Å². The lowest BCUT2D eigenvalue weighted by atomic mass is 9.96. The Bertz CT molecular complexity index is 2380. The summed E-state index contributed by atoms with van der Waals surface area (Å²) >= 11 is 0. The molecule has 7 rings (SSSR count). The van der Waals surface area contributed by atoms with Crippen LogP contribution in [0, 0.1) is 0 Å². The largest absolute Gasteiger partial charge is 0.459 e. The van der Waals surface area contributed by atoms with Gasteiger partial charge in [0.05, 0.1) is 41.0 Å². The molecular formula is C50H46O16. The lowest BCUT2D eigenvalue weighted by Crippen LogP contribution is -2.67. The van der Waals surface area contributed by atoms with Crippen LogP contribution in [0.4, 0.5) is 0 Å². The number of rotatable bonds is 17. The molecule has 2 fully saturated rings. The van der Waals surface area contributed by atoms with Crippen molar-refractivity contribution >= 4 is 29.8 Å². The molecule has 0 saturated carbocycles. The van der Waals surface area contributed by atoms with Crippen molar-refractivity contribution in [1.29, 1.82) is 0 Å². The third-order valence-corrected chi connectivity index (χ3v) is 10.5. The van der Waals surface area contributed by atoms with E-state index in [0.717, 1.165) is 0 Å². The highest BCUT2D eigenvalue weighted by atomic mass is 16.8. The number of carbonyl (C=O) groups excluding carboxylic acids is 5. The molecular weight excluding hydrogens is 857 g/mol. The molecule has 66 heavy (non-hydrogen) atoms.